The fourth-order valence-corrected chi connectivity index (χ4v) is 1.22. The number of aromatic amines is 1. The molecule has 1 aromatic heterocycles. The molecular formula is C12H20N2O. The van der Waals surface area contributed by atoms with Gasteiger partial charge in [-0.2, -0.15) is 0 Å². The third kappa shape index (κ3) is 4.30. The highest BCUT2D eigenvalue weighted by atomic mass is 16.1. The van der Waals surface area contributed by atoms with E-state index in [2.05, 4.69) is 31.1 Å². The zero-order chi connectivity index (χ0) is 11.3. The maximum atomic E-state index is 10.8. The normalized spacial score (nSPS) is 11.7. The van der Waals surface area contributed by atoms with Crippen LogP contribution in [0.1, 0.15) is 32.8 Å². The summed E-state index contributed by atoms with van der Waals surface area (Å²) in [6, 6.07) is 3.41. The van der Waals surface area contributed by atoms with Gasteiger partial charge in [0.25, 0.3) is 0 Å². The van der Waals surface area contributed by atoms with Gasteiger partial charge in [-0.05, 0) is 17.4 Å². The predicted molar refractivity (Wildman–Crippen MR) is 62.8 cm³/mol. The van der Waals surface area contributed by atoms with Gasteiger partial charge in [-0.15, -0.1) is 0 Å². The number of nitrogens with one attached hydrogen (secondary N) is 2. The Morgan fingerprint density at radius 3 is 2.67 bits per heavy atom. The fourth-order valence-electron chi connectivity index (χ4n) is 1.22. The summed E-state index contributed by atoms with van der Waals surface area (Å²) in [5, 5.41) is 3.39. The molecule has 1 aromatic rings. The third-order valence-electron chi connectivity index (χ3n) is 2.74. The number of H-pyrrole nitrogens is 1. The number of rotatable bonds is 5. The van der Waals surface area contributed by atoms with Gasteiger partial charge in [-0.25, -0.2) is 0 Å². The summed E-state index contributed by atoms with van der Waals surface area (Å²) in [5.41, 5.74) is 1.40. The van der Waals surface area contributed by atoms with Crippen molar-refractivity contribution < 1.29 is 0 Å². The average Bonchev–Trinajstić information content (AvgIpc) is 2.21. The van der Waals surface area contributed by atoms with Crippen LogP contribution in [0, 0.1) is 5.41 Å². The fraction of sp³-hybridized carbons (Fsp3) is 0.583. The Morgan fingerprint density at radius 1 is 1.40 bits per heavy atom. The molecule has 0 aliphatic carbocycles. The van der Waals surface area contributed by atoms with Crippen LogP contribution in [0.15, 0.2) is 23.1 Å². The molecule has 0 bridgehead atoms. The summed E-state index contributed by atoms with van der Waals surface area (Å²) >= 11 is 0. The summed E-state index contributed by atoms with van der Waals surface area (Å²) in [6.45, 7) is 8.48. The standard InChI is InChI=1S/C12H20N2O/c1-4-12(2,3)9-13-7-10-5-6-11(15)14-8-10/h5-6,8,13H,4,7,9H2,1-3H3,(H,14,15). The Morgan fingerprint density at radius 2 is 2.13 bits per heavy atom. The molecule has 0 fully saturated rings. The first-order valence-corrected chi connectivity index (χ1v) is 5.42. The van der Waals surface area contributed by atoms with E-state index in [-0.39, 0.29) is 5.56 Å². The largest absolute Gasteiger partial charge is 0.329 e. The van der Waals surface area contributed by atoms with Crippen molar-refractivity contribution in [3.63, 3.8) is 0 Å². The SMILES string of the molecule is CCC(C)(C)CNCc1ccc(=O)[nH]c1. The Balaban J connectivity index is 2.38. The van der Waals surface area contributed by atoms with E-state index in [0.29, 0.717) is 5.41 Å². The van der Waals surface area contributed by atoms with Gasteiger partial charge >= 0.3 is 0 Å². The van der Waals surface area contributed by atoms with E-state index in [0.717, 1.165) is 25.1 Å². The first-order chi connectivity index (χ1) is 7.03. The van der Waals surface area contributed by atoms with Crippen molar-refractivity contribution in [1.82, 2.24) is 10.3 Å². The van der Waals surface area contributed by atoms with Crippen molar-refractivity contribution >= 4 is 0 Å². The predicted octanol–water partition coefficient (Wildman–Crippen LogP) is 1.90. The van der Waals surface area contributed by atoms with E-state index < -0.39 is 0 Å². The average molecular weight is 208 g/mol. The Labute approximate surface area is 90.9 Å². The van der Waals surface area contributed by atoms with E-state index in [4.69, 9.17) is 0 Å². The lowest BCUT2D eigenvalue weighted by Gasteiger charge is -2.22. The smallest absolute Gasteiger partial charge is 0.247 e. The van der Waals surface area contributed by atoms with Crippen LogP contribution >= 0.6 is 0 Å². The molecule has 84 valence electrons. The molecule has 0 saturated heterocycles. The Bertz CT molecular complexity index is 334. The van der Waals surface area contributed by atoms with Crippen molar-refractivity contribution in [2.45, 2.75) is 33.7 Å². The lowest BCUT2D eigenvalue weighted by atomic mass is 9.90. The second-order valence-electron chi connectivity index (χ2n) is 4.68. The molecule has 0 aromatic carbocycles. The molecule has 0 aliphatic heterocycles. The van der Waals surface area contributed by atoms with Crippen LogP contribution in [0.5, 0.6) is 0 Å². The summed E-state index contributed by atoms with van der Waals surface area (Å²) < 4.78 is 0. The molecule has 0 radical (unpaired) electrons. The monoisotopic (exact) mass is 208 g/mol. The Kier molecular flexibility index (Phi) is 4.09. The number of aromatic nitrogens is 1. The molecule has 0 atom stereocenters. The number of hydrogen-bond donors (Lipinski definition) is 2. The molecule has 0 spiro atoms. The van der Waals surface area contributed by atoms with Gasteiger partial charge in [0.15, 0.2) is 0 Å². The van der Waals surface area contributed by atoms with E-state index in [1.165, 1.54) is 0 Å². The highest BCUT2D eigenvalue weighted by Gasteiger charge is 2.13. The minimum Gasteiger partial charge on any atom is -0.329 e. The molecule has 0 amide bonds. The van der Waals surface area contributed by atoms with Crippen LogP contribution in [0.25, 0.3) is 0 Å². The van der Waals surface area contributed by atoms with Crippen LogP contribution in [-0.4, -0.2) is 11.5 Å². The van der Waals surface area contributed by atoms with Gasteiger partial charge in [-0.1, -0.05) is 26.8 Å². The van der Waals surface area contributed by atoms with Crippen molar-refractivity contribution in [3.8, 4) is 0 Å². The highest BCUT2D eigenvalue weighted by molar-refractivity contribution is 5.08. The Hall–Kier alpha value is -1.09. The summed E-state index contributed by atoms with van der Waals surface area (Å²) in [5.74, 6) is 0. The van der Waals surface area contributed by atoms with Crippen LogP contribution in [0.2, 0.25) is 0 Å². The molecule has 3 heteroatoms. The van der Waals surface area contributed by atoms with Crippen molar-refractivity contribution in [2.24, 2.45) is 5.41 Å². The van der Waals surface area contributed by atoms with Crippen molar-refractivity contribution in [3.05, 3.63) is 34.2 Å². The number of pyridine rings is 1. The number of hydrogen-bond acceptors (Lipinski definition) is 2. The summed E-state index contributed by atoms with van der Waals surface area (Å²) in [7, 11) is 0. The molecule has 0 saturated carbocycles. The first-order valence-electron chi connectivity index (χ1n) is 5.42. The van der Waals surface area contributed by atoms with Crippen LogP contribution < -0.4 is 10.9 Å². The molecule has 1 heterocycles. The molecule has 0 aliphatic rings. The molecule has 3 nitrogen and oxygen atoms in total. The topological polar surface area (TPSA) is 44.9 Å². The van der Waals surface area contributed by atoms with E-state index in [1.54, 1.807) is 12.3 Å². The molecule has 0 unspecified atom stereocenters. The second kappa shape index (κ2) is 5.12. The van der Waals surface area contributed by atoms with E-state index in [9.17, 15) is 4.79 Å². The van der Waals surface area contributed by atoms with Gasteiger partial charge in [0, 0.05) is 25.4 Å². The van der Waals surface area contributed by atoms with Crippen LogP contribution in [0.4, 0.5) is 0 Å². The second-order valence-corrected chi connectivity index (χ2v) is 4.68. The van der Waals surface area contributed by atoms with Crippen molar-refractivity contribution in [2.75, 3.05) is 6.54 Å². The van der Waals surface area contributed by atoms with Gasteiger partial charge in [-0.3, -0.25) is 4.79 Å². The maximum absolute atomic E-state index is 10.8. The lowest BCUT2D eigenvalue weighted by Crippen LogP contribution is -2.28. The molecular weight excluding hydrogens is 188 g/mol. The van der Waals surface area contributed by atoms with Crippen molar-refractivity contribution in [1.29, 1.82) is 0 Å². The van der Waals surface area contributed by atoms with E-state index in [1.807, 2.05) is 6.07 Å². The van der Waals surface area contributed by atoms with Gasteiger partial charge < -0.3 is 10.3 Å². The minimum atomic E-state index is -0.0485. The minimum absolute atomic E-state index is 0.0485. The molecule has 15 heavy (non-hydrogen) atoms. The lowest BCUT2D eigenvalue weighted by molar-refractivity contribution is 0.327. The van der Waals surface area contributed by atoms with Gasteiger partial charge in [0.05, 0.1) is 0 Å². The zero-order valence-electron chi connectivity index (χ0n) is 9.76. The maximum Gasteiger partial charge on any atom is 0.247 e. The van der Waals surface area contributed by atoms with Gasteiger partial charge in [0.1, 0.15) is 0 Å². The third-order valence-corrected chi connectivity index (χ3v) is 2.74. The van der Waals surface area contributed by atoms with Gasteiger partial charge in [0.2, 0.25) is 5.56 Å². The first kappa shape index (κ1) is 12.0. The molecule has 1 rings (SSSR count). The highest BCUT2D eigenvalue weighted by Crippen LogP contribution is 2.17. The summed E-state index contributed by atoms with van der Waals surface area (Å²) in [6.07, 6.45) is 2.92. The molecule has 2 N–H and O–H groups in total. The van der Waals surface area contributed by atoms with Crippen LogP contribution in [0.3, 0.4) is 0 Å². The quantitative estimate of drug-likeness (QED) is 0.776. The summed E-state index contributed by atoms with van der Waals surface area (Å²) in [4.78, 5) is 13.5. The van der Waals surface area contributed by atoms with E-state index >= 15 is 0 Å². The van der Waals surface area contributed by atoms with Crippen LogP contribution in [-0.2, 0) is 6.54 Å². The zero-order valence-corrected chi connectivity index (χ0v) is 9.76.